The second-order valence-electron chi connectivity index (χ2n) is 6.23. The number of hydrogen-bond donors (Lipinski definition) is 1. The van der Waals surface area contributed by atoms with Crippen molar-refractivity contribution in [1.82, 2.24) is 15.5 Å². The first-order valence-corrected chi connectivity index (χ1v) is 8.94. The van der Waals surface area contributed by atoms with E-state index < -0.39 is 0 Å². The topological polar surface area (TPSA) is 77.2 Å². The van der Waals surface area contributed by atoms with Gasteiger partial charge in [-0.15, -0.1) is 10.2 Å². The van der Waals surface area contributed by atoms with Gasteiger partial charge in [0.15, 0.2) is 0 Å². The van der Waals surface area contributed by atoms with E-state index in [-0.39, 0.29) is 5.91 Å². The molecule has 3 aromatic rings. The van der Waals surface area contributed by atoms with Crippen LogP contribution in [0.2, 0.25) is 0 Å². The number of amides is 1. The van der Waals surface area contributed by atoms with Gasteiger partial charge in [0.25, 0.3) is 0 Å². The molecule has 0 aliphatic carbocycles. The maximum Gasteiger partial charge on any atom is 0.247 e. The number of ether oxygens (including phenoxy) is 1. The minimum Gasteiger partial charge on any atom is -0.496 e. The van der Waals surface area contributed by atoms with Crippen LogP contribution >= 0.6 is 0 Å². The maximum atomic E-state index is 12.1. The molecule has 0 aliphatic heterocycles. The molecule has 6 heteroatoms. The van der Waals surface area contributed by atoms with Gasteiger partial charge in [-0.25, -0.2) is 0 Å². The Morgan fingerprint density at radius 1 is 1.07 bits per heavy atom. The fourth-order valence-electron chi connectivity index (χ4n) is 2.83. The van der Waals surface area contributed by atoms with Gasteiger partial charge >= 0.3 is 0 Å². The van der Waals surface area contributed by atoms with Gasteiger partial charge in [-0.2, -0.15) is 0 Å². The van der Waals surface area contributed by atoms with Gasteiger partial charge < -0.3 is 14.5 Å². The Morgan fingerprint density at radius 3 is 2.67 bits per heavy atom. The Labute approximate surface area is 158 Å². The number of nitrogens with one attached hydrogen (secondary N) is 1. The first kappa shape index (κ1) is 18.6. The van der Waals surface area contributed by atoms with Crippen LogP contribution in [-0.4, -0.2) is 29.8 Å². The van der Waals surface area contributed by atoms with Crippen LogP contribution in [0.1, 0.15) is 23.4 Å². The molecule has 27 heavy (non-hydrogen) atoms. The molecule has 0 radical (unpaired) electrons. The Morgan fingerprint density at radius 2 is 1.85 bits per heavy atom. The van der Waals surface area contributed by atoms with Crippen LogP contribution in [-0.2, 0) is 17.6 Å². The zero-order valence-electron chi connectivity index (χ0n) is 15.6. The number of benzene rings is 2. The summed E-state index contributed by atoms with van der Waals surface area (Å²) in [7, 11) is 1.65. The van der Waals surface area contributed by atoms with Crippen molar-refractivity contribution in [3.63, 3.8) is 0 Å². The van der Waals surface area contributed by atoms with Crippen molar-refractivity contribution in [3.05, 3.63) is 65.5 Å². The second-order valence-corrected chi connectivity index (χ2v) is 6.23. The lowest BCUT2D eigenvalue weighted by Gasteiger charge is -2.08. The highest BCUT2D eigenvalue weighted by atomic mass is 16.5. The molecule has 0 aliphatic rings. The number of methoxy groups -OCH3 is 1. The van der Waals surface area contributed by atoms with Crippen molar-refractivity contribution in [2.75, 3.05) is 13.7 Å². The number of rotatable bonds is 8. The van der Waals surface area contributed by atoms with E-state index in [1.165, 1.54) is 0 Å². The highest BCUT2D eigenvalue weighted by Gasteiger charge is 2.12. The van der Waals surface area contributed by atoms with Crippen molar-refractivity contribution in [1.29, 1.82) is 0 Å². The molecule has 6 nitrogen and oxygen atoms in total. The molecule has 0 unspecified atom stereocenters. The van der Waals surface area contributed by atoms with Crippen LogP contribution in [0.3, 0.4) is 0 Å². The molecule has 2 aromatic carbocycles. The summed E-state index contributed by atoms with van der Waals surface area (Å²) in [4.78, 5) is 12.1. The van der Waals surface area contributed by atoms with Crippen molar-refractivity contribution in [2.45, 2.75) is 26.2 Å². The van der Waals surface area contributed by atoms with Crippen molar-refractivity contribution in [3.8, 4) is 17.2 Å². The lowest BCUT2D eigenvalue weighted by atomic mass is 10.1. The van der Waals surface area contributed by atoms with Gasteiger partial charge in [-0.05, 0) is 36.6 Å². The zero-order valence-corrected chi connectivity index (χ0v) is 15.6. The fourth-order valence-corrected chi connectivity index (χ4v) is 2.83. The lowest BCUT2D eigenvalue weighted by Crippen LogP contribution is -2.26. The number of carbonyl (C=O) groups is 1. The fraction of sp³-hybridized carbons (Fsp3) is 0.286. The molecule has 0 saturated carbocycles. The van der Waals surface area contributed by atoms with E-state index in [4.69, 9.17) is 9.15 Å². The Balaban J connectivity index is 1.46. The molecule has 1 heterocycles. The normalized spacial score (nSPS) is 10.6. The molecule has 0 spiro atoms. The first-order chi connectivity index (χ1) is 13.2. The summed E-state index contributed by atoms with van der Waals surface area (Å²) in [5, 5.41) is 11.0. The summed E-state index contributed by atoms with van der Waals surface area (Å²) in [5.74, 6) is 1.75. The van der Waals surface area contributed by atoms with E-state index >= 15 is 0 Å². The Kier molecular flexibility index (Phi) is 6.20. The SMILES string of the molecule is COc1ccccc1CCNC(=O)CCc1nnc(-c2ccccc2C)o1. The van der Waals surface area contributed by atoms with Gasteiger partial charge in [0, 0.05) is 24.9 Å². The highest BCUT2D eigenvalue weighted by Crippen LogP contribution is 2.22. The minimum atomic E-state index is -0.0412. The smallest absolute Gasteiger partial charge is 0.247 e. The van der Waals surface area contributed by atoms with Gasteiger partial charge in [0.2, 0.25) is 17.7 Å². The maximum absolute atomic E-state index is 12.1. The molecule has 1 N–H and O–H groups in total. The van der Waals surface area contributed by atoms with Crippen LogP contribution < -0.4 is 10.1 Å². The predicted molar refractivity (Wildman–Crippen MR) is 102 cm³/mol. The quantitative estimate of drug-likeness (QED) is 0.662. The third kappa shape index (κ3) is 4.94. The molecule has 0 fully saturated rings. The van der Waals surface area contributed by atoms with E-state index in [9.17, 15) is 4.79 Å². The first-order valence-electron chi connectivity index (χ1n) is 8.94. The van der Waals surface area contributed by atoms with Gasteiger partial charge in [-0.1, -0.05) is 36.4 Å². The summed E-state index contributed by atoms with van der Waals surface area (Å²) >= 11 is 0. The van der Waals surface area contributed by atoms with Crippen LogP contribution in [0.4, 0.5) is 0 Å². The largest absolute Gasteiger partial charge is 0.496 e. The third-order valence-electron chi connectivity index (χ3n) is 4.32. The number of carbonyl (C=O) groups excluding carboxylic acids is 1. The molecule has 140 valence electrons. The number of aryl methyl sites for hydroxylation is 2. The van der Waals surface area contributed by atoms with E-state index in [0.717, 1.165) is 22.4 Å². The molecule has 0 bridgehead atoms. The van der Waals surface area contributed by atoms with E-state index in [0.29, 0.717) is 37.6 Å². The van der Waals surface area contributed by atoms with E-state index in [1.54, 1.807) is 7.11 Å². The minimum absolute atomic E-state index is 0.0412. The van der Waals surface area contributed by atoms with E-state index in [2.05, 4.69) is 15.5 Å². The van der Waals surface area contributed by atoms with Gasteiger partial charge in [0.1, 0.15) is 5.75 Å². The average Bonchev–Trinajstić information content (AvgIpc) is 3.16. The standard InChI is InChI=1S/C21H23N3O3/c1-15-7-3-5-9-17(15)21-24-23-20(27-21)12-11-19(25)22-14-13-16-8-4-6-10-18(16)26-2/h3-10H,11-14H2,1-2H3,(H,22,25). The van der Waals surface area contributed by atoms with Crippen molar-refractivity contribution in [2.24, 2.45) is 0 Å². The van der Waals surface area contributed by atoms with Crippen molar-refractivity contribution < 1.29 is 13.9 Å². The van der Waals surface area contributed by atoms with Crippen LogP contribution in [0, 0.1) is 6.92 Å². The monoisotopic (exact) mass is 365 g/mol. The lowest BCUT2D eigenvalue weighted by molar-refractivity contribution is -0.121. The molecular formula is C21H23N3O3. The summed E-state index contributed by atoms with van der Waals surface area (Å²) in [6.45, 7) is 2.55. The number of hydrogen-bond acceptors (Lipinski definition) is 5. The van der Waals surface area contributed by atoms with Crippen LogP contribution in [0.5, 0.6) is 5.75 Å². The molecule has 0 atom stereocenters. The molecule has 3 rings (SSSR count). The highest BCUT2D eigenvalue weighted by molar-refractivity contribution is 5.76. The third-order valence-corrected chi connectivity index (χ3v) is 4.32. The number of para-hydroxylation sites is 1. The Bertz CT molecular complexity index is 905. The number of aromatic nitrogens is 2. The average molecular weight is 365 g/mol. The van der Waals surface area contributed by atoms with Crippen molar-refractivity contribution >= 4 is 5.91 Å². The zero-order chi connectivity index (χ0) is 19.1. The van der Waals surface area contributed by atoms with E-state index in [1.807, 2.05) is 55.5 Å². The summed E-state index contributed by atoms with van der Waals surface area (Å²) < 4.78 is 11.0. The number of nitrogens with zero attached hydrogens (tertiary/aromatic N) is 2. The van der Waals surface area contributed by atoms with Gasteiger partial charge in [-0.3, -0.25) is 4.79 Å². The second kappa shape index (κ2) is 8.98. The summed E-state index contributed by atoms with van der Waals surface area (Å²) in [5.41, 5.74) is 3.05. The predicted octanol–water partition coefficient (Wildman–Crippen LogP) is 3.35. The molecular weight excluding hydrogens is 342 g/mol. The summed E-state index contributed by atoms with van der Waals surface area (Å²) in [6.07, 6.45) is 1.44. The molecule has 0 saturated heterocycles. The van der Waals surface area contributed by atoms with Crippen LogP contribution in [0.15, 0.2) is 52.9 Å². The summed E-state index contributed by atoms with van der Waals surface area (Å²) in [6, 6.07) is 15.6. The van der Waals surface area contributed by atoms with Crippen LogP contribution in [0.25, 0.3) is 11.5 Å². The molecule has 1 aromatic heterocycles. The van der Waals surface area contributed by atoms with Gasteiger partial charge in [0.05, 0.1) is 7.11 Å². The Hall–Kier alpha value is -3.15. The molecule has 1 amide bonds.